The summed E-state index contributed by atoms with van der Waals surface area (Å²) in [5, 5.41) is 11.6. The van der Waals surface area contributed by atoms with Gasteiger partial charge in [0.25, 0.3) is 10.0 Å². The van der Waals surface area contributed by atoms with E-state index in [0.29, 0.717) is 6.54 Å². The number of hydrogen-bond donors (Lipinski definition) is 2. The Bertz CT molecular complexity index is 666. The van der Waals surface area contributed by atoms with Crippen molar-refractivity contribution in [2.75, 3.05) is 11.8 Å². The van der Waals surface area contributed by atoms with Gasteiger partial charge < -0.3 is 5.32 Å². The quantitative estimate of drug-likeness (QED) is 0.826. The number of anilines is 1. The second-order valence-electron chi connectivity index (χ2n) is 4.00. The zero-order valence-corrected chi connectivity index (χ0v) is 12.8. The van der Waals surface area contributed by atoms with E-state index in [2.05, 4.69) is 25.2 Å². The molecule has 108 valence electrons. The number of sulfonamides is 1. The molecule has 7 nitrogen and oxygen atoms in total. The SMILES string of the molecule is CCc1nnc(NS(=O)(=O)c2ccc(CNC)cn2)s1. The lowest BCUT2D eigenvalue weighted by atomic mass is 10.3. The fourth-order valence-corrected chi connectivity index (χ4v) is 3.32. The molecule has 0 aliphatic carbocycles. The second-order valence-corrected chi connectivity index (χ2v) is 6.69. The van der Waals surface area contributed by atoms with Gasteiger partial charge in [0, 0.05) is 12.7 Å². The van der Waals surface area contributed by atoms with Crippen molar-refractivity contribution < 1.29 is 8.42 Å². The number of nitrogens with one attached hydrogen (secondary N) is 2. The van der Waals surface area contributed by atoms with E-state index in [1.54, 1.807) is 6.07 Å². The molecule has 0 aliphatic rings. The summed E-state index contributed by atoms with van der Waals surface area (Å²) in [5.74, 6) is 0. The van der Waals surface area contributed by atoms with E-state index >= 15 is 0 Å². The van der Waals surface area contributed by atoms with Crippen LogP contribution in [0.5, 0.6) is 0 Å². The van der Waals surface area contributed by atoms with Crippen LogP contribution in [0.25, 0.3) is 0 Å². The van der Waals surface area contributed by atoms with Crippen LogP contribution in [0.3, 0.4) is 0 Å². The third kappa shape index (κ3) is 3.50. The zero-order valence-electron chi connectivity index (χ0n) is 11.1. The molecule has 20 heavy (non-hydrogen) atoms. The maximum atomic E-state index is 12.1. The number of aryl methyl sites for hydroxylation is 1. The molecule has 9 heteroatoms. The fraction of sp³-hybridized carbons (Fsp3) is 0.364. The van der Waals surface area contributed by atoms with Crippen LogP contribution >= 0.6 is 11.3 Å². The molecule has 0 radical (unpaired) electrons. The van der Waals surface area contributed by atoms with Crippen LogP contribution < -0.4 is 10.0 Å². The van der Waals surface area contributed by atoms with Crippen molar-refractivity contribution in [3.8, 4) is 0 Å². The Balaban J connectivity index is 2.17. The van der Waals surface area contributed by atoms with Crippen molar-refractivity contribution in [2.24, 2.45) is 0 Å². The summed E-state index contributed by atoms with van der Waals surface area (Å²) in [5.41, 5.74) is 0.913. The lowest BCUT2D eigenvalue weighted by Gasteiger charge is -2.05. The smallest absolute Gasteiger partial charge is 0.281 e. The molecule has 0 unspecified atom stereocenters. The van der Waals surface area contributed by atoms with Gasteiger partial charge in [-0.05, 0) is 25.1 Å². The highest BCUT2D eigenvalue weighted by atomic mass is 32.2. The molecular weight excluding hydrogens is 298 g/mol. The Morgan fingerprint density at radius 3 is 2.65 bits per heavy atom. The molecule has 0 bridgehead atoms. The number of rotatable bonds is 6. The fourth-order valence-electron chi connectivity index (χ4n) is 1.48. The van der Waals surface area contributed by atoms with E-state index in [-0.39, 0.29) is 10.2 Å². The number of pyridine rings is 1. The van der Waals surface area contributed by atoms with Crippen LogP contribution in [0.15, 0.2) is 23.4 Å². The standard InChI is InChI=1S/C11H15N5O2S2/c1-3-9-14-15-11(19-9)16-20(17,18)10-5-4-8(6-12-2)7-13-10/h4-5,7,12H,3,6H2,1-2H3,(H,15,16). The molecule has 0 saturated carbocycles. The van der Waals surface area contributed by atoms with E-state index in [1.807, 2.05) is 14.0 Å². The molecule has 2 aromatic rings. The van der Waals surface area contributed by atoms with E-state index < -0.39 is 10.0 Å². The molecule has 0 fully saturated rings. The van der Waals surface area contributed by atoms with Crippen LogP contribution in [-0.4, -0.2) is 30.6 Å². The molecular formula is C11H15N5O2S2. The topological polar surface area (TPSA) is 96.9 Å². The predicted octanol–water partition coefficient (Wildman–Crippen LogP) is 1.02. The highest BCUT2D eigenvalue weighted by molar-refractivity contribution is 7.92. The van der Waals surface area contributed by atoms with E-state index in [9.17, 15) is 8.42 Å². The average molecular weight is 313 g/mol. The van der Waals surface area contributed by atoms with E-state index in [4.69, 9.17) is 0 Å². The summed E-state index contributed by atoms with van der Waals surface area (Å²) in [7, 11) is -1.90. The van der Waals surface area contributed by atoms with Gasteiger partial charge in [-0.1, -0.05) is 24.3 Å². The van der Waals surface area contributed by atoms with Crippen LogP contribution in [0.1, 0.15) is 17.5 Å². The van der Waals surface area contributed by atoms with Gasteiger partial charge in [-0.25, -0.2) is 4.98 Å². The second kappa shape index (κ2) is 6.25. The summed E-state index contributed by atoms with van der Waals surface area (Å²) in [6.45, 7) is 2.57. The van der Waals surface area contributed by atoms with Gasteiger partial charge >= 0.3 is 0 Å². The number of hydrogen-bond acceptors (Lipinski definition) is 7. The summed E-state index contributed by atoms with van der Waals surface area (Å²) in [6, 6.07) is 3.19. The largest absolute Gasteiger partial charge is 0.316 e. The summed E-state index contributed by atoms with van der Waals surface area (Å²) < 4.78 is 26.6. The molecule has 0 spiro atoms. The van der Waals surface area contributed by atoms with Crippen molar-refractivity contribution in [2.45, 2.75) is 24.9 Å². The first-order valence-corrected chi connectivity index (χ1v) is 8.30. The molecule has 0 atom stereocenters. The van der Waals surface area contributed by atoms with Crippen molar-refractivity contribution >= 4 is 26.5 Å². The van der Waals surface area contributed by atoms with Crippen molar-refractivity contribution in [1.82, 2.24) is 20.5 Å². The van der Waals surface area contributed by atoms with Gasteiger partial charge in [0.15, 0.2) is 5.03 Å². The van der Waals surface area contributed by atoms with Crippen LogP contribution in [0.4, 0.5) is 5.13 Å². The zero-order chi connectivity index (χ0) is 14.6. The summed E-state index contributed by atoms with van der Waals surface area (Å²) >= 11 is 1.22. The maximum absolute atomic E-state index is 12.1. The Morgan fingerprint density at radius 1 is 1.30 bits per heavy atom. The monoisotopic (exact) mass is 313 g/mol. The first kappa shape index (κ1) is 14.8. The maximum Gasteiger partial charge on any atom is 0.281 e. The van der Waals surface area contributed by atoms with Gasteiger partial charge in [0.1, 0.15) is 5.01 Å². The number of aromatic nitrogens is 3. The molecule has 0 saturated heterocycles. The predicted molar refractivity (Wildman–Crippen MR) is 77.1 cm³/mol. The highest BCUT2D eigenvalue weighted by Crippen LogP contribution is 2.19. The molecule has 0 amide bonds. The van der Waals surface area contributed by atoms with Crippen molar-refractivity contribution in [3.05, 3.63) is 28.9 Å². The minimum Gasteiger partial charge on any atom is -0.316 e. The third-order valence-corrected chi connectivity index (χ3v) is 4.81. The van der Waals surface area contributed by atoms with Crippen molar-refractivity contribution in [3.63, 3.8) is 0 Å². The van der Waals surface area contributed by atoms with Crippen LogP contribution in [0, 0.1) is 0 Å². The third-order valence-electron chi connectivity index (χ3n) is 2.44. The minimum atomic E-state index is -3.71. The first-order valence-electron chi connectivity index (χ1n) is 6.00. The van der Waals surface area contributed by atoms with Gasteiger partial charge in [0.2, 0.25) is 5.13 Å². The van der Waals surface area contributed by atoms with Gasteiger partial charge in [-0.15, -0.1) is 10.2 Å². The molecule has 2 heterocycles. The van der Waals surface area contributed by atoms with E-state index in [1.165, 1.54) is 23.6 Å². The Morgan fingerprint density at radius 2 is 2.10 bits per heavy atom. The van der Waals surface area contributed by atoms with Gasteiger partial charge in [-0.2, -0.15) is 8.42 Å². The van der Waals surface area contributed by atoms with Gasteiger partial charge in [0.05, 0.1) is 0 Å². The van der Waals surface area contributed by atoms with Crippen LogP contribution in [-0.2, 0) is 23.0 Å². The van der Waals surface area contributed by atoms with Crippen molar-refractivity contribution in [1.29, 1.82) is 0 Å². The molecule has 2 N–H and O–H groups in total. The Labute approximate surface area is 121 Å². The normalized spacial score (nSPS) is 11.5. The Kier molecular flexibility index (Phi) is 4.63. The molecule has 0 aromatic carbocycles. The molecule has 0 aliphatic heterocycles. The Hall–Kier alpha value is -1.58. The summed E-state index contributed by atoms with van der Waals surface area (Å²) in [6.07, 6.45) is 2.25. The molecule has 2 rings (SSSR count). The first-order chi connectivity index (χ1) is 9.55. The lowest BCUT2D eigenvalue weighted by Crippen LogP contribution is -2.15. The van der Waals surface area contributed by atoms with E-state index in [0.717, 1.165) is 17.0 Å². The minimum absolute atomic E-state index is 0.0365. The number of nitrogens with zero attached hydrogens (tertiary/aromatic N) is 3. The molecule has 2 aromatic heterocycles. The average Bonchev–Trinajstić information content (AvgIpc) is 2.87. The van der Waals surface area contributed by atoms with Gasteiger partial charge in [-0.3, -0.25) is 4.72 Å². The van der Waals surface area contributed by atoms with Crippen LogP contribution in [0.2, 0.25) is 0 Å². The lowest BCUT2D eigenvalue weighted by molar-refractivity contribution is 0.597. The summed E-state index contributed by atoms with van der Waals surface area (Å²) in [4.78, 5) is 3.96. The highest BCUT2D eigenvalue weighted by Gasteiger charge is 2.18.